The van der Waals surface area contributed by atoms with Crippen molar-refractivity contribution in [1.82, 2.24) is 39.0 Å². The predicted octanol–water partition coefficient (Wildman–Crippen LogP) is 6.14. The second kappa shape index (κ2) is 18.5. The molecule has 0 amide bonds. The summed E-state index contributed by atoms with van der Waals surface area (Å²) < 4.78 is 3.58. The number of carbonyl (C=O) groups excluding carboxylic acids is 4. The minimum atomic E-state index is -0.0225. The molecule has 0 radical (unpaired) electrons. The zero-order chi connectivity index (χ0) is 43.0. The van der Waals surface area contributed by atoms with Crippen LogP contribution in [0.5, 0.6) is 0 Å². The zero-order valence-electron chi connectivity index (χ0n) is 33.6. The van der Waals surface area contributed by atoms with E-state index in [-0.39, 0.29) is 48.8 Å². The van der Waals surface area contributed by atoms with Gasteiger partial charge < -0.3 is 20.6 Å². The van der Waals surface area contributed by atoms with Crippen LogP contribution in [0.15, 0.2) is 127 Å². The third-order valence-electron chi connectivity index (χ3n) is 10.5. The molecule has 8 aromatic rings. The summed E-state index contributed by atoms with van der Waals surface area (Å²) in [5.41, 5.74) is 20.1. The summed E-state index contributed by atoms with van der Waals surface area (Å²) >= 11 is 0. The second-order valence-electron chi connectivity index (χ2n) is 14.9. The fourth-order valence-corrected chi connectivity index (χ4v) is 7.01. The van der Waals surface area contributed by atoms with Crippen LogP contribution >= 0.6 is 0 Å². The van der Waals surface area contributed by atoms with Gasteiger partial charge in [0.2, 0.25) is 0 Å². The lowest BCUT2D eigenvalue weighted by Gasteiger charge is -2.06. The van der Waals surface area contributed by atoms with Gasteiger partial charge in [0.15, 0.2) is 34.5 Å². The number of hydrogen-bond acceptors (Lipinski definition) is 13. The highest BCUT2D eigenvalue weighted by atomic mass is 16.1. The van der Waals surface area contributed by atoms with Crippen molar-refractivity contribution in [2.45, 2.75) is 51.6 Å². The summed E-state index contributed by atoms with van der Waals surface area (Å²) in [5, 5.41) is 0. The normalized spacial score (nSPS) is 11.4. The third kappa shape index (κ3) is 9.85. The molecule has 0 unspecified atom stereocenters. The number of imidazole rings is 2. The van der Waals surface area contributed by atoms with E-state index in [1.807, 2.05) is 72.8 Å². The van der Waals surface area contributed by atoms with Gasteiger partial charge >= 0.3 is 0 Å². The van der Waals surface area contributed by atoms with Crippen LogP contribution in [0.4, 0.5) is 17.3 Å². The molecule has 0 saturated carbocycles. The van der Waals surface area contributed by atoms with Crippen LogP contribution in [0.1, 0.15) is 61.4 Å². The summed E-state index contributed by atoms with van der Waals surface area (Å²) in [6, 6.07) is 29.5. The Morgan fingerprint density at radius 1 is 0.500 bits per heavy atom. The first-order valence-electron chi connectivity index (χ1n) is 20.0. The Kier molecular flexibility index (Phi) is 12.1. The van der Waals surface area contributed by atoms with Crippen LogP contribution in [0.3, 0.4) is 0 Å². The lowest BCUT2D eigenvalue weighted by Crippen LogP contribution is -2.09. The summed E-state index contributed by atoms with van der Waals surface area (Å²) in [6.07, 6.45) is 9.33. The Bertz CT molecular complexity index is 2740. The zero-order valence-corrected chi connectivity index (χ0v) is 33.6. The number of aromatic nitrogens is 8. The van der Waals surface area contributed by atoms with Gasteiger partial charge in [-0.3, -0.25) is 24.2 Å². The van der Waals surface area contributed by atoms with Crippen molar-refractivity contribution < 1.29 is 19.2 Å². The number of carbonyl (C=O) groups is 4. The van der Waals surface area contributed by atoms with Gasteiger partial charge in [0, 0.05) is 69.0 Å². The van der Waals surface area contributed by atoms with Crippen molar-refractivity contribution in [1.29, 1.82) is 0 Å². The van der Waals surface area contributed by atoms with Gasteiger partial charge in [-0.1, -0.05) is 84.9 Å². The lowest BCUT2D eigenvalue weighted by molar-refractivity contribution is -0.119. The van der Waals surface area contributed by atoms with E-state index in [1.54, 1.807) is 52.3 Å². The molecule has 0 bridgehead atoms. The highest BCUT2D eigenvalue weighted by Gasteiger charge is 2.14. The van der Waals surface area contributed by atoms with Gasteiger partial charge in [-0.05, 0) is 39.9 Å². The molecule has 0 fully saturated rings. The molecule has 15 heteroatoms. The van der Waals surface area contributed by atoms with E-state index in [9.17, 15) is 19.2 Å². The van der Waals surface area contributed by atoms with Crippen molar-refractivity contribution in [3.63, 3.8) is 0 Å². The van der Waals surface area contributed by atoms with E-state index in [1.165, 1.54) is 12.7 Å². The molecule has 0 atom stereocenters. The Balaban J connectivity index is 0.759. The standard InChI is InChI=1S/C47H41N11O4/c48-44-42-46(53-26-51-44)57(28-55-42)19-17-38(59)21-30-5-11-35(12-6-30)40(61)23-32-1-3-34(4-2-32)25-50-37-15-9-33(10-16-37)24-41(62)36-13-7-31(8-14-36)22-39(60)18-20-58-29-56-43-45(49)52-27-54-47(43)58/h1-16,25-29H,17-24H2,(H2,48,51,53)(H2,49,52,54). The molecule has 0 spiro atoms. The molecule has 4 aromatic heterocycles. The van der Waals surface area contributed by atoms with Crippen molar-refractivity contribution in [3.05, 3.63) is 161 Å². The Hall–Kier alpha value is -8.07. The average Bonchev–Trinajstić information content (AvgIpc) is 3.91. The number of aryl methyl sites for hydroxylation is 2. The first-order valence-corrected chi connectivity index (χ1v) is 20.0. The van der Waals surface area contributed by atoms with E-state index in [0.29, 0.717) is 71.0 Å². The van der Waals surface area contributed by atoms with Crippen molar-refractivity contribution in [2.24, 2.45) is 4.99 Å². The number of nitrogens with two attached hydrogens (primary N) is 2. The van der Waals surface area contributed by atoms with Crippen LogP contribution in [0.2, 0.25) is 0 Å². The molecule has 8 rings (SSSR count). The minimum Gasteiger partial charge on any atom is -0.382 e. The van der Waals surface area contributed by atoms with E-state index in [2.05, 4.69) is 34.9 Å². The second-order valence-corrected chi connectivity index (χ2v) is 14.9. The number of ketones is 4. The SMILES string of the molecule is Nc1ncnc2c1ncn2CCC(=O)Cc1ccc(C(=O)Cc2ccc(C=Nc3ccc(CC(=O)c4ccc(CC(=O)CCn5cnc6c(N)ncnc65)cc4)cc3)cc2)cc1. The lowest BCUT2D eigenvalue weighted by atomic mass is 9.99. The van der Waals surface area contributed by atoms with E-state index < -0.39 is 0 Å². The molecule has 4 N–H and O–H groups in total. The van der Waals surface area contributed by atoms with E-state index >= 15 is 0 Å². The van der Waals surface area contributed by atoms with Crippen molar-refractivity contribution in [2.75, 3.05) is 11.5 Å². The quantitative estimate of drug-likeness (QED) is 0.0737. The van der Waals surface area contributed by atoms with Crippen LogP contribution < -0.4 is 11.5 Å². The number of anilines is 2. The number of Topliss-reactive ketones (excluding diaryl/α,β-unsaturated/α-hetero) is 4. The summed E-state index contributed by atoms with van der Waals surface area (Å²) in [7, 11) is 0. The van der Waals surface area contributed by atoms with Crippen LogP contribution in [-0.4, -0.2) is 68.4 Å². The van der Waals surface area contributed by atoms with Crippen LogP contribution in [0, 0.1) is 0 Å². The Morgan fingerprint density at radius 2 is 0.903 bits per heavy atom. The molecule has 0 aliphatic heterocycles. The molecule has 15 nitrogen and oxygen atoms in total. The molecule has 0 aliphatic rings. The van der Waals surface area contributed by atoms with Gasteiger partial charge in [-0.15, -0.1) is 0 Å². The predicted molar refractivity (Wildman–Crippen MR) is 235 cm³/mol. The summed E-state index contributed by atoms with van der Waals surface area (Å²) in [6.45, 7) is 0.858. The highest BCUT2D eigenvalue weighted by molar-refractivity contribution is 5.98. The number of rotatable bonds is 18. The first kappa shape index (κ1) is 40.7. The number of fused-ring (bicyclic) bond motifs is 2. The topological polar surface area (TPSA) is 220 Å². The van der Waals surface area contributed by atoms with Gasteiger partial charge in [0.05, 0.1) is 18.3 Å². The average molecular weight is 824 g/mol. The highest BCUT2D eigenvalue weighted by Crippen LogP contribution is 2.19. The fourth-order valence-electron chi connectivity index (χ4n) is 7.01. The van der Waals surface area contributed by atoms with Gasteiger partial charge in [0.25, 0.3) is 0 Å². The maximum absolute atomic E-state index is 13.1. The maximum atomic E-state index is 13.1. The van der Waals surface area contributed by atoms with Gasteiger partial charge in [-0.25, -0.2) is 29.9 Å². The molecular formula is C47H41N11O4. The van der Waals surface area contributed by atoms with Crippen molar-refractivity contribution >= 4 is 69.0 Å². The van der Waals surface area contributed by atoms with E-state index in [0.717, 1.165) is 33.5 Å². The van der Waals surface area contributed by atoms with Crippen LogP contribution in [-0.2, 0) is 48.4 Å². The smallest absolute Gasteiger partial charge is 0.167 e. The monoisotopic (exact) mass is 823 g/mol. The molecule has 308 valence electrons. The number of aliphatic imine (C=N–C) groups is 1. The van der Waals surface area contributed by atoms with Crippen molar-refractivity contribution in [3.8, 4) is 0 Å². The minimum absolute atomic E-state index is 0.0178. The fraction of sp³-hybridized carbons (Fsp3) is 0.170. The largest absolute Gasteiger partial charge is 0.382 e. The molecule has 0 saturated heterocycles. The number of nitrogen functional groups attached to an aromatic ring is 2. The third-order valence-corrected chi connectivity index (χ3v) is 10.5. The Labute approximate surface area is 355 Å². The molecular weight excluding hydrogens is 783 g/mol. The summed E-state index contributed by atoms with van der Waals surface area (Å²) in [4.78, 5) is 80.9. The number of benzene rings is 4. The first-order chi connectivity index (χ1) is 30.1. The van der Waals surface area contributed by atoms with Crippen LogP contribution in [0.25, 0.3) is 22.3 Å². The van der Waals surface area contributed by atoms with Gasteiger partial charge in [-0.2, -0.15) is 0 Å². The number of nitrogens with zero attached hydrogens (tertiary/aromatic N) is 9. The Morgan fingerprint density at radius 3 is 1.35 bits per heavy atom. The molecule has 4 aromatic carbocycles. The number of hydrogen-bond donors (Lipinski definition) is 2. The molecule has 4 heterocycles. The van der Waals surface area contributed by atoms with E-state index in [4.69, 9.17) is 11.5 Å². The molecule has 62 heavy (non-hydrogen) atoms. The van der Waals surface area contributed by atoms with Gasteiger partial charge in [0.1, 0.15) is 35.3 Å². The maximum Gasteiger partial charge on any atom is 0.167 e. The molecule has 0 aliphatic carbocycles. The summed E-state index contributed by atoms with van der Waals surface area (Å²) in [5.74, 6) is 0.682.